The molecule has 3 aliphatic rings. The normalized spacial score (nSPS) is 36.9. The van der Waals surface area contributed by atoms with E-state index in [1.807, 2.05) is 24.3 Å². The summed E-state index contributed by atoms with van der Waals surface area (Å²) in [5.74, 6) is 0.111. The second-order valence-corrected chi connectivity index (χ2v) is 10.2. The van der Waals surface area contributed by atoms with Gasteiger partial charge in [0.25, 0.3) is 0 Å². The third-order valence-electron chi connectivity index (χ3n) is 6.56. The van der Waals surface area contributed by atoms with E-state index in [1.54, 1.807) is 6.08 Å². The van der Waals surface area contributed by atoms with Crippen LogP contribution in [0.2, 0.25) is 0 Å². The highest BCUT2D eigenvalue weighted by Gasteiger charge is 2.20. The summed E-state index contributed by atoms with van der Waals surface area (Å²) in [7, 11) is 0. The van der Waals surface area contributed by atoms with Crippen molar-refractivity contribution in [2.24, 2.45) is 5.92 Å². The van der Waals surface area contributed by atoms with E-state index in [0.717, 1.165) is 25.7 Å². The van der Waals surface area contributed by atoms with Gasteiger partial charge in [0, 0.05) is 18.9 Å². The highest BCUT2D eigenvalue weighted by molar-refractivity contribution is 5.82. The number of carbonyl (C=O) groups is 1. The van der Waals surface area contributed by atoms with Crippen molar-refractivity contribution >= 4 is 5.97 Å². The molecule has 5 heteroatoms. The minimum atomic E-state index is -0.656. The second-order valence-electron chi connectivity index (χ2n) is 10.2. The van der Waals surface area contributed by atoms with Crippen LogP contribution < -0.4 is 0 Å². The quantitative estimate of drug-likeness (QED) is 0.399. The molecule has 3 heterocycles. The van der Waals surface area contributed by atoms with Crippen molar-refractivity contribution in [1.82, 2.24) is 0 Å². The summed E-state index contributed by atoms with van der Waals surface area (Å²) < 4.78 is 17.7. The maximum atomic E-state index is 12.5. The zero-order valence-corrected chi connectivity index (χ0v) is 21.5. The van der Waals surface area contributed by atoms with Gasteiger partial charge in [-0.25, -0.2) is 4.79 Å². The van der Waals surface area contributed by atoms with Gasteiger partial charge in [0.15, 0.2) is 0 Å². The lowest BCUT2D eigenvalue weighted by Crippen LogP contribution is -2.25. The van der Waals surface area contributed by atoms with Crippen LogP contribution >= 0.6 is 0 Å². The van der Waals surface area contributed by atoms with Crippen LogP contribution in [0.25, 0.3) is 0 Å². The number of rotatable bonds is 3. The molecule has 6 atom stereocenters. The number of esters is 1. The second kappa shape index (κ2) is 14.4. The van der Waals surface area contributed by atoms with Crippen molar-refractivity contribution < 1.29 is 24.1 Å². The summed E-state index contributed by atoms with van der Waals surface area (Å²) in [6.07, 6.45) is 24.1. The standard InChI is InChI=1S/C30H42O5/c1-22-16-17-33-28(20-22)13-5-11-27-9-4-8-25(31)19-23(2)18-24(3)21-29-14-6-10-26(34-29)12-7-15-30(32)35-27/h4-8,10,13,15-16,19,24-29,31H,9,11-12,14,17-18,20-21H2,1-3H3/b8-4+,13-5+,15-7-,23-19+/t24-,25+,26-,27-,28+,29-/m0/s1. The average Bonchev–Trinajstić information content (AvgIpc) is 2.78. The van der Waals surface area contributed by atoms with Crippen LogP contribution in [0.3, 0.4) is 0 Å². The van der Waals surface area contributed by atoms with Crippen LogP contribution in [0.1, 0.15) is 65.7 Å². The molecule has 5 nitrogen and oxygen atoms in total. The van der Waals surface area contributed by atoms with Crippen LogP contribution in [0.4, 0.5) is 0 Å². The van der Waals surface area contributed by atoms with Gasteiger partial charge in [-0.05, 0) is 51.9 Å². The predicted molar refractivity (Wildman–Crippen MR) is 140 cm³/mol. The van der Waals surface area contributed by atoms with E-state index in [2.05, 4.69) is 45.1 Å². The first-order valence-electron chi connectivity index (χ1n) is 13.0. The Morgan fingerprint density at radius 1 is 1.06 bits per heavy atom. The Hall–Kier alpha value is -2.21. The molecule has 3 rings (SSSR count). The molecule has 0 unspecified atom stereocenters. The van der Waals surface area contributed by atoms with E-state index in [1.165, 1.54) is 17.2 Å². The Kier molecular flexibility index (Phi) is 11.2. The molecule has 0 saturated heterocycles. The van der Waals surface area contributed by atoms with Gasteiger partial charge in [-0.3, -0.25) is 0 Å². The summed E-state index contributed by atoms with van der Waals surface area (Å²) >= 11 is 0. The van der Waals surface area contributed by atoms with E-state index in [-0.39, 0.29) is 30.4 Å². The highest BCUT2D eigenvalue weighted by Crippen LogP contribution is 2.25. The first-order valence-corrected chi connectivity index (χ1v) is 13.0. The first kappa shape index (κ1) is 27.4. The molecule has 0 aromatic rings. The Bertz CT molecular complexity index is 862. The number of allylic oxidation sites excluding steroid dienone is 1. The lowest BCUT2D eigenvalue weighted by Gasteiger charge is -2.27. The molecule has 0 spiro atoms. The van der Waals surface area contributed by atoms with Gasteiger partial charge < -0.3 is 19.3 Å². The Balaban J connectivity index is 1.67. The maximum Gasteiger partial charge on any atom is 0.330 e. The number of hydrogen-bond donors (Lipinski definition) is 1. The summed E-state index contributed by atoms with van der Waals surface area (Å²) in [6.45, 7) is 7.06. The van der Waals surface area contributed by atoms with Crippen LogP contribution in [-0.2, 0) is 19.0 Å². The molecule has 1 N–H and O–H groups in total. The SMILES string of the molecule is CC1=CCO[C@H](/C=C/C[C@@H]2C/C=C/[C@@H](O)/C=C(\C)C[C@H](C)C[C@@H]3CC=C[C@@H](C/C=C\C(=O)O2)O3)C1. The molecule has 0 amide bonds. The molecular formula is C30H42O5. The van der Waals surface area contributed by atoms with E-state index < -0.39 is 6.10 Å². The number of aliphatic hydroxyl groups excluding tert-OH is 1. The Morgan fingerprint density at radius 3 is 2.71 bits per heavy atom. The molecule has 0 fully saturated rings. The van der Waals surface area contributed by atoms with Crippen LogP contribution in [0.5, 0.6) is 0 Å². The smallest absolute Gasteiger partial charge is 0.330 e. The lowest BCUT2D eigenvalue weighted by molar-refractivity contribution is -0.142. The number of cyclic esters (lactones) is 1. The van der Waals surface area contributed by atoms with Gasteiger partial charge in [-0.15, -0.1) is 0 Å². The fourth-order valence-electron chi connectivity index (χ4n) is 4.86. The molecular weight excluding hydrogens is 440 g/mol. The minimum Gasteiger partial charge on any atom is -0.459 e. The van der Waals surface area contributed by atoms with Gasteiger partial charge in [-0.2, -0.15) is 0 Å². The van der Waals surface area contributed by atoms with Crippen LogP contribution in [-0.4, -0.2) is 48.2 Å². The number of carbonyl (C=O) groups excluding carboxylic acids is 1. The van der Waals surface area contributed by atoms with E-state index >= 15 is 0 Å². The molecule has 2 bridgehead atoms. The molecule has 35 heavy (non-hydrogen) atoms. The summed E-state index contributed by atoms with van der Waals surface area (Å²) in [5.41, 5.74) is 2.50. The van der Waals surface area contributed by atoms with Crippen molar-refractivity contribution in [2.75, 3.05) is 6.61 Å². The Morgan fingerprint density at radius 2 is 1.89 bits per heavy atom. The summed E-state index contributed by atoms with van der Waals surface area (Å²) in [6, 6.07) is 0. The van der Waals surface area contributed by atoms with Gasteiger partial charge in [0.2, 0.25) is 0 Å². The first-order chi connectivity index (χ1) is 16.9. The van der Waals surface area contributed by atoms with E-state index in [9.17, 15) is 9.90 Å². The summed E-state index contributed by atoms with van der Waals surface area (Å²) in [5, 5.41) is 10.5. The third-order valence-corrected chi connectivity index (χ3v) is 6.56. The van der Waals surface area contributed by atoms with Crippen LogP contribution in [0.15, 0.2) is 71.9 Å². The topological polar surface area (TPSA) is 65.0 Å². The van der Waals surface area contributed by atoms with Crippen molar-refractivity contribution in [1.29, 1.82) is 0 Å². The molecule has 0 saturated carbocycles. The van der Waals surface area contributed by atoms with Gasteiger partial charge in [0.1, 0.15) is 6.10 Å². The molecule has 0 aromatic carbocycles. The monoisotopic (exact) mass is 482 g/mol. The lowest BCUT2D eigenvalue weighted by atomic mass is 9.93. The summed E-state index contributed by atoms with van der Waals surface area (Å²) in [4.78, 5) is 12.5. The Labute approximate surface area is 210 Å². The molecule has 3 aliphatic heterocycles. The van der Waals surface area contributed by atoms with Gasteiger partial charge in [0.05, 0.1) is 31.0 Å². The highest BCUT2D eigenvalue weighted by atomic mass is 16.5. The molecule has 0 aliphatic carbocycles. The van der Waals surface area contributed by atoms with Crippen molar-refractivity contribution in [2.45, 2.75) is 96.2 Å². The van der Waals surface area contributed by atoms with Gasteiger partial charge in [-0.1, -0.05) is 72.8 Å². The zero-order chi connectivity index (χ0) is 25.0. The van der Waals surface area contributed by atoms with Gasteiger partial charge >= 0.3 is 5.97 Å². The van der Waals surface area contributed by atoms with Crippen molar-refractivity contribution in [3.8, 4) is 0 Å². The molecule has 0 aromatic heterocycles. The number of aliphatic hydroxyl groups is 1. The maximum absolute atomic E-state index is 12.5. The zero-order valence-electron chi connectivity index (χ0n) is 21.5. The molecule has 192 valence electrons. The fourth-order valence-corrected chi connectivity index (χ4v) is 4.86. The largest absolute Gasteiger partial charge is 0.459 e. The van der Waals surface area contributed by atoms with Crippen LogP contribution in [0, 0.1) is 5.92 Å². The number of fused-ring (bicyclic) bond motifs is 2. The predicted octanol–water partition coefficient (Wildman–Crippen LogP) is 5.92. The molecule has 0 radical (unpaired) electrons. The van der Waals surface area contributed by atoms with Crippen molar-refractivity contribution in [3.05, 3.63) is 71.9 Å². The minimum absolute atomic E-state index is 0.0167. The average molecular weight is 483 g/mol. The third kappa shape index (κ3) is 10.5. The number of hydrogen-bond acceptors (Lipinski definition) is 5. The van der Waals surface area contributed by atoms with E-state index in [4.69, 9.17) is 14.2 Å². The van der Waals surface area contributed by atoms with Crippen molar-refractivity contribution in [3.63, 3.8) is 0 Å². The number of ether oxygens (including phenoxy) is 3. The fraction of sp³-hybridized carbons (Fsp3) is 0.567. The van der Waals surface area contributed by atoms with E-state index in [0.29, 0.717) is 31.8 Å².